The minimum atomic E-state index is -0.362. The fourth-order valence-corrected chi connectivity index (χ4v) is 5.79. The van der Waals surface area contributed by atoms with Gasteiger partial charge in [0.05, 0.1) is 5.41 Å². The number of benzene rings is 1. The van der Waals surface area contributed by atoms with Crippen molar-refractivity contribution in [1.29, 1.82) is 0 Å². The molecule has 2 aliphatic heterocycles. The van der Waals surface area contributed by atoms with Crippen LogP contribution in [0.25, 0.3) is 0 Å². The number of nitrogens with zero attached hydrogens (tertiary/aromatic N) is 2. The number of amides is 3. The molecule has 31 heavy (non-hydrogen) atoms. The maximum Gasteiger partial charge on any atom is 0.242 e. The van der Waals surface area contributed by atoms with Gasteiger partial charge in [0.2, 0.25) is 17.7 Å². The molecule has 2 heterocycles. The number of carbonyl (C=O) groups excluding carboxylic acids is 3. The lowest BCUT2D eigenvalue weighted by atomic mass is 9.77. The summed E-state index contributed by atoms with van der Waals surface area (Å²) in [5.41, 5.74) is 0.795. The van der Waals surface area contributed by atoms with Crippen LogP contribution in [0.2, 0.25) is 0 Å². The molecule has 1 saturated carbocycles. The molecule has 1 aliphatic carbocycles. The van der Waals surface area contributed by atoms with Crippen LogP contribution in [-0.4, -0.2) is 59.7 Å². The van der Waals surface area contributed by atoms with Crippen LogP contribution in [-0.2, 0) is 19.8 Å². The van der Waals surface area contributed by atoms with Gasteiger partial charge in [0.15, 0.2) is 0 Å². The number of piperidine rings is 1. The predicted molar refractivity (Wildman–Crippen MR) is 119 cm³/mol. The summed E-state index contributed by atoms with van der Waals surface area (Å²) >= 11 is 0. The Morgan fingerprint density at radius 1 is 1.06 bits per heavy atom. The Morgan fingerprint density at radius 3 is 2.39 bits per heavy atom. The van der Waals surface area contributed by atoms with E-state index in [2.05, 4.69) is 17.4 Å². The van der Waals surface area contributed by atoms with Crippen molar-refractivity contribution in [2.45, 2.75) is 69.7 Å². The summed E-state index contributed by atoms with van der Waals surface area (Å²) in [6.45, 7) is 4.53. The fourth-order valence-electron chi connectivity index (χ4n) is 5.79. The largest absolute Gasteiger partial charge is 0.353 e. The van der Waals surface area contributed by atoms with Crippen LogP contribution in [0, 0.1) is 5.92 Å². The number of nitrogens with one attached hydrogen (secondary N) is 1. The molecule has 1 aromatic rings. The molecule has 3 aliphatic rings. The average molecular weight is 426 g/mol. The van der Waals surface area contributed by atoms with Gasteiger partial charge in [-0.05, 0) is 43.6 Å². The highest BCUT2D eigenvalue weighted by atomic mass is 16.2. The van der Waals surface area contributed by atoms with Crippen molar-refractivity contribution in [2.24, 2.45) is 5.92 Å². The smallest absolute Gasteiger partial charge is 0.242 e. The maximum absolute atomic E-state index is 13.6. The zero-order chi connectivity index (χ0) is 21.8. The summed E-state index contributed by atoms with van der Waals surface area (Å²) in [4.78, 5) is 42.4. The van der Waals surface area contributed by atoms with Gasteiger partial charge in [0.1, 0.15) is 6.04 Å². The van der Waals surface area contributed by atoms with Gasteiger partial charge in [0, 0.05) is 32.6 Å². The first-order chi connectivity index (χ1) is 15.0. The van der Waals surface area contributed by atoms with Crippen LogP contribution in [0.15, 0.2) is 30.3 Å². The summed E-state index contributed by atoms with van der Waals surface area (Å²) in [5.74, 6) is 0.614. The standard InChI is InChI=1S/C25H35N3O3/c1-2-21-23(30)26-14-17-28(21)22(29)18-19-10-15-27(16-11-19)24(31)25(12-6-7-13-25)20-8-4-3-5-9-20/h3-5,8-9,19,21H,2,6-7,10-18H2,1H3,(H,26,30). The highest BCUT2D eigenvalue weighted by molar-refractivity contribution is 5.89. The molecule has 1 aromatic carbocycles. The highest BCUT2D eigenvalue weighted by Crippen LogP contribution is 2.43. The lowest BCUT2D eigenvalue weighted by molar-refractivity contribution is -0.144. The molecule has 4 rings (SSSR count). The molecule has 0 bridgehead atoms. The third-order valence-corrected chi connectivity index (χ3v) is 7.60. The van der Waals surface area contributed by atoms with Crippen LogP contribution in [0.5, 0.6) is 0 Å². The van der Waals surface area contributed by atoms with Gasteiger partial charge in [-0.3, -0.25) is 14.4 Å². The zero-order valence-corrected chi connectivity index (χ0v) is 18.6. The summed E-state index contributed by atoms with van der Waals surface area (Å²) in [7, 11) is 0. The maximum atomic E-state index is 13.6. The Kier molecular flexibility index (Phi) is 6.63. The molecule has 0 radical (unpaired) electrons. The van der Waals surface area contributed by atoms with E-state index in [0.717, 1.165) is 57.2 Å². The second-order valence-corrected chi connectivity index (χ2v) is 9.40. The van der Waals surface area contributed by atoms with E-state index in [4.69, 9.17) is 0 Å². The Morgan fingerprint density at radius 2 is 1.74 bits per heavy atom. The lowest BCUT2D eigenvalue weighted by Gasteiger charge is -2.40. The average Bonchev–Trinajstić information content (AvgIpc) is 3.31. The zero-order valence-electron chi connectivity index (χ0n) is 18.6. The van der Waals surface area contributed by atoms with E-state index in [9.17, 15) is 14.4 Å². The molecule has 6 heteroatoms. The van der Waals surface area contributed by atoms with E-state index in [1.54, 1.807) is 4.90 Å². The van der Waals surface area contributed by atoms with Crippen LogP contribution in [0.4, 0.5) is 0 Å². The topological polar surface area (TPSA) is 69.7 Å². The first-order valence-electron chi connectivity index (χ1n) is 12.0. The third kappa shape index (κ3) is 4.35. The predicted octanol–water partition coefficient (Wildman–Crippen LogP) is 2.86. The van der Waals surface area contributed by atoms with Crippen LogP contribution in [0.1, 0.15) is 63.9 Å². The Balaban J connectivity index is 1.35. The molecule has 1 unspecified atom stereocenters. The van der Waals surface area contributed by atoms with E-state index in [1.807, 2.05) is 30.0 Å². The fraction of sp³-hybridized carbons (Fsp3) is 0.640. The van der Waals surface area contributed by atoms with Crippen molar-refractivity contribution in [1.82, 2.24) is 15.1 Å². The monoisotopic (exact) mass is 425 g/mol. The van der Waals surface area contributed by atoms with Gasteiger partial charge in [-0.15, -0.1) is 0 Å². The van der Waals surface area contributed by atoms with Crippen molar-refractivity contribution < 1.29 is 14.4 Å². The Labute approximate surface area is 185 Å². The van der Waals surface area contributed by atoms with Crippen molar-refractivity contribution in [3.63, 3.8) is 0 Å². The first kappa shape index (κ1) is 21.8. The summed E-state index contributed by atoms with van der Waals surface area (Å²) in [6, 6.07) is 9.95. The number of likely N-dealkylation sites (tertiary alicyclic amines) is 1. The molecular weight excluding hydrogens is 390 g/mol. The van der Waals surface area contributed by atoms with Crippen LogP contribution in [0.3, 0.4) is 0 Å². The molecule has 6 nitrogen and oxygen atoms in total. The second-order valence-electron chi connectivity index (χ2n) is 9.40. The van der Waals surface area contributed by atoms with E-state index in [-0.39, 0.29) is 35.1 Å². The SMILES string of the molecule is CCC1C(=O)NCCN1C(=O)CC1CCN(C(=O)C2(c3ccccc3)CCCC2)CC1. The number of piperazine rings is 1. The third-order valence-electron chi connectivity index (χ3n) is 7.60. The number of rotatable bonds is 5. The van der Waals surface area contributed by atoms with E-state index in [1.165, 1.54) is 0 Å². The molecule has 0 spiro atoms. The van der Waals surface area contributed by atoms with Gasteiger partial charge in [-0.25, -0.2) is 0 Å². The lowest BCUT2D eigenvalue weighted by Crippen LogP contribution is -2.57. The normalized spacial score (nSPS) is 24.2. The van der Waals surface area contributed by atoms with Crippen molar-refractivity contribution in [2.75, 3.05) is 26.2 Å². The van der Waals surface area contributed by atoms with Gasteiger partial charge < -0.3 is 15.1 Å². The second kappa shape index (κ2) is 9.41. The molecule has 3 fully saturated rings. The van der Waals surface area contributed by atoms with Crippen molar-refractivity contribution in [3.8, 4) is 0 Å². The Bertz CT molecular complexity index is 795. The number of hydrogen-bond acceptors (Lipinski definition) is 3. The highest BCUT2D eigenvalue weighted by Gasteiger charge is 2.45. The molecule has 2 saturated heterocycles. The van der Waals surface area contributed by atoms with Crippen molar-refractivity contribution >= 4 is 17.7 Å². The minimum absolute atomic E-state index is 0.0368. The molecule has 168 valence electrons. The van der Waals surface area contributed by atoms with E-state index >= 15 is 0 Å². The summed E-state index contributed by atoms with van der Waals surface area (Å²) < 4.78 is 0. The van der Waals surface area contributed by atoms with E-state index < -0.39 is 0 Å². The molecule has 1 atom stereocenters. The van der Waals surface area contributed by atoms with Gasteiger partial charge >= 0.3 is 0 Å². The quantitative estimate of drug-likeness (QED) is 0.789. The molecular formula is C25H35N3O3. The van der Waals surface area contributed by atoms with Gasteiger partial charge in [-0.1, -0.05) is 50.1 Å². The Hall–Kier alpha value is -2.37. The van der Waals surface area contributed by atoms with Gasteiger partial charge in [0.25, 0.3) is 0 Å². The number of hydrogen-bond donors (Lipinski definition) is 1. The minimum Gasteiger partial charge on any atom is -0.353 e. The number of carbonyl (C=O) groups is 3. The molecule has 3 amide bonds. The van der Waals surface area contributed by atoms with E-state index in [0.29, 0.717) is 25.9 Å². The summed E-state index contributed by atoms with van der Waals surface area (Å²) in [6.07, 6.45) is 6.93. The van der Waals surface area contributed by atoms with Crippen LogP contribution >= 0.6 is 0 Å². The van der Waals surface area contributed by atoms with Gasteiger partial charge in [-0.2, -0.15) is 0 Å². The molecule has 0 aromatic heterocycles. The van der Waals surface area contributed by atoms with Crippen LogP contribution < -0.4 is 5.32 Å². The van der Waals surface area contributed by atoms with Crippen molar-refractivity contribution in [3.05, 3.63) is 35.9 Å². The first-order valence-corrected chi connectivity index (χ1v) is 12.0. The molecule has 1 N–H and O–H groups in total. The summed E-state index contributed by atoms with van der Waals surface area (Å²) in [5, 5.41) is 2.86.